The Morgan fingerprint density at radius 3 is 2.71 bits per heavy atom. The molecule has 1 aromatic rings. The minimum Gasteiger partial charge on any atom is -0.327 e. The Kier molecular flexibility index (Phi) is 3.24. The third kappa shape index (κ3) is 2.52. The van der Waals surface area contributed by atoms with Gasteiger partial charge in [0.15, 0.2) is 0 Å². The molecule has 0 bridgehead atoms. The van der Waals surface area contributed by atoms with Crippen molar-refractivity contribution < 1.29 is 18.0 Å². The van der Waals surface area contributed by atoms with E-state index in [1.54, 1.807) is 6.07 Å². The van der Waals surface area contributed by atoms with Crippen LogP contribution in [0.3, 0.4) is 0 Å². The minimum atomic E-state index is -2.91. The molecular weight excluding hydrogens is 281 g/mol. The number of anilines is 1. The second kappa shape index (κ2) is 4.73. The summed E-state index contributed by atoms with van der Waals surface area (Å²) >= 11 is 0. The third-order valence-corrected chi connectivity index (χ3v) is 4.44. The predicted molar refractivity (Wildman–Crippen MR) is 72.6 cm³/mol. The van der Waals surface area contributed by atoms with Crippen LogP contribution in [0.4, 0.5) is 18.9 Å². The molecule has 1 aliphatic heterocycles. The average Bonchev–Trinajstić information content (AvgIpc) is 2.64. The van der Waals surface area contributed by atoms with Crippen LogP contribution in [-0.4, -0.2) is 24.4 Å². The standard InChI is InChI=1S/C15H17F3N2O/c16-10-2-1-3-12(6-10)20-5-4-14(13(20)21)7-11(19)8-15(17,18)9-14/h1-3,6,11H,4-5,7-9,19H2/t11-,14-/m0/s1. The van der Waals surface area contributed by atoms with Crippen molar-refractivity contribution in [1.29, 1.82) is 0 Å². The highest BCUT2D eigenvalue weighted by molar-refractivity contribution is 6.00. The first-order valence-electron chi connectivity index (χ1n) is 7.02. The largest absolute Gasteiger partial charge is 0.327 e. The van der Waals surface area contributed by atoms with Gasteiger partial charge in [-0.3, -0.25) is 4.79 Å². The Morgan fingerprint density at radius 2 is 2.05 bits per heavy atom. The molecular formula is C15H17F3N2O. The molecule has 114 valence electrons. The van der Waals surface area contributed by atoms with Crippen molar-refractivity contribution in [2.75, 3.05) is 11.4 Å². The number of hydrogen-bond acceptors (Lipinski definition) is 2. The lowest BCUT2D eigenvalue weighted by molar-refractivity contribution is -0.139. The van der Waals surface area contributed by atoms with Crippen LogP contribution >= 0.6 is 0 Å². The van der Waals surface area contributed by atoms with E-state index in [-0.39, 0.29) is 18.7 Å². The van der Waals surface area contributed by atoms with Crippen LogP contribution in [0.1, 0.15) is 25.7 Å². The zero-order valence-electron chi connectivity index (χ0n) is 11.5. The summed E-state index contributed by atoms with van der Waals surface area (Å²) in [5, 5.41) is 0. The molecule has 2 N–H and O–H groups in total. The highest BCUT2D eigenvalue weighted by Crippen LogP contribution is 2.50. The van der Waals surface area contributed by atoms with Crippen molar-refractivity contribution >= 4 is 11.6 Å². The number of amides is 1. The van der Waals surface area contributed by atoms with E-state index in [1.807, 2.05) is 0 Å². The summed E-state index contributed by atoms with van der Waals surface area (Å²) in [7, 11) is 0. The van der Waals surface area contributed by atoms with Gasteiger partial charge in [0, 0.05) is 31.1 Å². The Hall–Kier alpha value is -1.56. The van der Waals surface area contributed by atoms with Crippen LogP contribution in [0.15, 0.2) is 24.3 Å². The number of carbonyl (C=O) groups is 1. The van der Waals surface area contributed by atoms with Crippen LogP contribution in [0.2, 0.25) is 0 Å². The maximum atomic E-state index is 13.8. The number of nitrogens with two attached hydrogens (primary N) is 1. The number of rotatable bonds is 1. The van der Waals surface area contributed by atoms with E-state index in [2.05, 4.69) is 0 Å². The molecule has 1 saturated carbocycles. The number of halogens is 3. The first-order valence-corrected chi connectivity index (χ1v) is 7.02. The zero-order chi connectivity index (χ0) is 15.3. The van der Waals surface area contributed by atoms with Gasteiger partial charge in [-0.2, -0.15) is 0 Å². The molecule has 0 radical (unpaired) electrons. The molecule has 1 spiro atoms. The summed E-state index contributed by atoms with van der Waals surface area (Å²) in [5.74, 6) is -3.72. The molecule has 1 saturated heterocycles. The number of hydrogen-bond donors (Lipinski definition) is 1. The van der Waals surface area contributed by atoms with Crippen LogP contribution < -0.4 is 10.6 Å². The van der Waals surface area contributed by atoms with Crippen molar-refractivity contribution in [3.05, 3.63) is 30.1 Å². The van der Waals surface area contributed by atoms with Gasteiger partial charge in [-0.15, -0.1) is 0 Å². The van der Waals surface area contributed by atoms with E-state index in [1.165, 1.54) is 23.1 Å². The van der Waals surface area contributed by atoms with Crippen LogP contribution in [0, 0.1) is 11.2 Å². The molecule has 1 aromatic carbocycles. The van der Waals surface area contributed by atoms with Gasteiger partial charge in [-0.1, -0.05) is 6.07 Å². The van der Waals surface area contributed by atoms with Gasteiger partial charge in [0.25, 0.3) is 5.92 Å². The Balaban J connectivity index is 1.89. The van der Waals surface area contributed by atoms with Gasteiger partial charge in [0.2, 0.25) is 5.91 Å². The fraction of sp³-hybridized carbons (Fsp3) is 0.533. The van der Waals surface area contributed by atoms with Gasteiger partial charge in [-0.05, 0) is 31.0 Å². The molecule has 3 rings (SSSR count). The molecule has 0 aromatic heterocycles. The third-order valence-electron chi connectivity index (χ3n) is 4.44. The van der Waals surface area contributed by atoms with Crippen molar-refractivity contribution in [2.45, 2.75) is 37.6 Å². The van der Waals surface area contributed by atoms with E-state index in [9.17, 15) is 18.0 Å². The zero-order valence-corrected chi connectivity index (χ0v) is 11.5. The SMILES string of the molecule is N[C@@H]1CC(F)(F)C[C@]2(CCN(c3cccc(F)c3)C2=O)C1. The highest BCUT2D eigenvalue weighted by Gasteiger charge is 2.56. The molecule has 21 heavy (non-hydrogen) atoms. The summed E-state index contributed by atoms with van der Waals surface area (Å²) < 4.78 is 40.9. The van der Waals surface area contributed by atoms with E-state index >= 15 is 0 Å². The molecule has 6 heteroatoms. The number of benzene rings is 1. The molecule has 1 amide bonds. The topological polar surface area (TPSA) is 46.3 Å². The smallest absolute Gasteiger partial charge is 0.250 e. The van der Waals surface area contributed by atoms with Gasteiger partial charge in [-0.25, -0.2) is 13.2 Å². The lowest BCUT2D eigenvalue weighted by Gasteiger charge is -2.39. The molecule has 1 aliphatic carbocycles. The molecule has 0 unspecified atom stereocenters. The fourth-order valence-electron chi connectivity index (χ4n) is 3.66. The van der Waals surface area contributed by atoms with Crippen molar-refractivity contribution in [3.63, 3.8) is 0 Å². The molecule has 2 aliphatic rings. The summed E-state index contributed by atoms with van der Waals surface area (Å²) in [6.45, 7) is 0.324. The highest BCUT2D eigenvalue weighted by atomic mass is 19.3. The number of carbonyl (C=O) groups excluding carboxylic acids is 1. The summed E-state index contributed by atoms with van der Waals surface area (Å²) in [6.07, 6.45) is -0.223. The normalized spacial score (nSPS) is 31.9. The monoisotopic (exact) mass is 298 g/mol. The Bertz CT molecular complexity index is 578. The first kappa shape index (κ1) is 14.4. The van der Waals surface area contributed by atoms with Crippen LogP contribution in [0.25, 0.3) is 0 Å². The van der Waals surface area contributed by atoms with Gasteiger partial charge in [0.05, 0.1) is 5.41 Å². The van der Waals surface area contributed by atoms with E-state index < -0.39 is 29.6 Å². The van der Waals surface area contributed by atoms with Crippen molar-refractivity contribution in [2.24, 2.45) is 11.1 Å². The number of nitrogens with zero attached hydrogens (tertiary/aromatic N) is 1. The second-order valence-corrected chi connectivity index (χ2v) is 6.17. The molecule has 3 nitrogen and oxygen atoms in total. The maximum Gasteiger partial charge on any atom is 0.250 e. The van der Waals surface area contributed by atoms with Gasteiger partial charge >= 0.3 is 0 Å². The van der Waals surface area contributed by atoms with E-state index in [0.717, 1.165) is 0 Å². The Labute approximate surface area is 120 Å². The summed E-state index contributed by atoms with van der Waals surface area (Å²) in [6, 6.07) is 4.97. The lowest BCUT2D eigenvalue weighted by atomic mass is 9.69. The van der Waals surface area contributed by atoms with Gasteiger partial charge in [0.1, 0.15) is 5.82 Å². The van der Waals surface area contributed by atoms with Crippen molar-refractivity contribution in [1.82, 2.24) is 0 Å². The van der Waals surface area contributed by atoms with Crippen molar-refractivity contribution in [3.8, 4) is 0 Å². The predicted octanol–water partition coefficient (Wildman–Crippen LogP) is 2.70. The molecule has 2 atom stereocenters. The maximum absolute atomic E-state index is 13.8. The van der Waals surface area contributed by atoms with E-state index in [0.29, 0.717) is 18.7 Å². The first-order chi connectivity index (χ1) is 9.81. The second-order valence-electron chi connectivity index (χ2n) is 6.17. The Morgan fingerprint density at radius 1 is 1.29 bits per heavy atom. The van der Waals surface area contributed by atoms with Crippen LogP contribution in [0.5, 0.6) is 0 Å². The molecule has 2 fully saturated rings. The average molecular weight is 298 g/mol. The number of alkyl halides is 2. The fourth-order valence-corrected chi connectivity index (χ4v) is 3.66. The quantitative estimate of drug-likeness (QED) is 0.866. The lowest BCUT2D eigenvalue weighted by Crippen LogP contribution is -2.49. The van der Waals surface area contributed by atoms with Gasteiger partial charge < -0.3 is 10.6 Å². The summed E-state index contributed by atoms with van der Waals surface area (Å²) in [4.78, 5) is 14.0. The van der Waals surface area contributed by atoms with Crippen LogP contribution in [-0.2, 0) is 4.79 Å². The van der Waals surface area contributed by atoms with E-state index in [4.69, 9.17) is 5.73 Å². The minimum absolute atomic E-state index is 0.271. The molecule has 1 heterocycles. The summed E-state index contributed by atoms with van der Waals surface area (Å²) in [5.41, 5.74) is 5.04.